The van der Waals surface area contributed by atoms with Crippen LogP contribution in [0.15, 0.2) is 58.3 Å². The van der Waals surface area contributed by atoms with E-state index in [9.17, 15) is 13.2 Å². The molecule has 2 aromatic carbocycles. The lowest BCUT2D eigenvalue weighted by Gasteiger charge is -2.09. The minimum atomic E-state index is -3.73. The maximum Gasteiger partial charge on any atom is 0.335 e. The number of sulfonamides is 1. The number of rotatable bonds is 5. The topological polar surface area (TPSA) is 83.5 Å². The van der Waals surface area contributed by atoms with Crippen LogP contribution in [-0.2, 0) is 10.0 Å². The molecule has 0 aliphatic heterocycles. The zero-order valence-corrected chi connectivity index (χ0v) is 12.7. The van der Waals surface area contributed by atoms with Crippen LogP contribution in [0, 0.1) is 0 Å². The van der Waals surface area contributed by atoms with Crippen molar-refractivity contribution < 1.29 is 18.3 Å². The van der Waals surface area contributed by atoms with Crippen molar-refractivity contribution in [2.75, 3.05) is 11.0 Å². The van der Waals surface area contributed by atoms with Crippen LogP contribution in [0.5, 0.6) is 0 Å². The maximum atomic E-state index is 12.2. The number of carboxylic acid groups (broad SMARTS) is 1. The Balaban J connectivity index is 2.28. The summed E-state index contributed by atoms with van der Waals surface area (Å²) in [5.74, 6) is -1.11. The second-order valence-corrected chi connectivity index (χ2v) is 6.73. The number of aromatic carboxylic acids is 1. The van der Waals surface area contributed by atoms with Crippen molar-refractivity contribution in [3.63, 3.8) is 0 Å². The number of carbonyl (C=O) groups is 1. The van der Waals surface area contributed by atoms with E-state index < -0.39 is 16.0 Å². The van der Waals surface area contributed by atoms with E-state index in [4.69, 9.17) is 5.11 Å². The van der Waals surface area contributed by atoms with Gasteiger partial charge in [-0.05, 0) is 48.7 Å². The molecule has 0 saturated carbocycles. The molecule has 0 saturated heterocycles. The largest absolute Gasteiger partial charge is 0.478 e. The van der Waals surface area contributed by atoms with Gasteiger partial charge in [-0.15, -0.1) is 11.8 Å². The molecule has 7 heteroatoms. The lowest BCUT2D eigenvalue weighted by atomic mass is 10.2. The Bertz CT molecular complexity index is 755. The fourth-order valence-corrected chi connectivity index (χ4v) is 3.14. The van der Waals surface area contributed by atoms with Crippen LogP contribution in [0.3, 0.4) is 0 Å². The predicted molar refractivity (Wildman–Crippen MR) is 82.4 cm³/mol. The number of nitrogens with one attached hydrogen (secondary N) is 1. The molecule has 5 nitrogen and oxygen atoms in total. The standard InChI is InChI=1S/C14H13NO4S2/c1-20-12-5-7-13(8-6-12)21(18,19)15-11-4-2-3-10(9-11)14(16)17/h2-9,15H,1H3,(H,16,17). The van der Waals surface area contributed by atoms with Crippen molar-refractivity contribution in [1.29, 1.82) is 0 Å². The quantitative estimate of drug-likeness (QED) is 0.827. The number of hydrogen-bond acceptors (Lipinski definition) is 4. The molecule has 21 heavy (non-hydrogen) atoms. The van der Waals surface area contributed by atoms with Crippen LogP contribution >= 0.6 is 11.8 Å². The van der Waals surface area contributed by atoms with E-state index in [1.165, 1.54) is 48.2 Å². The van der Waals surface area contributed by atoms with Gasteiger partial charge in [0.25, 0.3) is 10.0 Å². The highest BCUT2D eigenvalue weighted by Gasteiger charge is 2.14. The lowest BCUT2D eigenvalue weighted by Crippen LogP contribution is -2.13. The number of anilines is 1. The first-order valence-electron chi connectivity index (χ1n) is 5.92. The van der Waals surface area contributed by atoms with Crippen molar-refractivity contribution >= 4 is 33.4 Å². The Hall–Kier alpha value is -1.99. The summed E-state index contributed by atoms with van der Waals surface area (Å²) < 4.78 is 26.8. The third-order valence-corrected chi connectivity index (χ3v) is 4.87. The average molecular weight is 323 g/mol. The van der Waals surface area contributed by atoms with Gasteiger partial charge in [0.2, 0.25) is 0 Å². The van der Waals surface area contributed by atoms with Crippen LogP contribution in [0.2, 0.25) is 0 Å². The van der Waals surface area contributed by atoms with Crippen molar-refractivity contribution in [3.8, 4) is 0 Å². The number of hydrogen-bond donors (Lipinski definition) is 2. The van der Waals surface area contributed by atoms with Gasteiger partial charge in [-0.1, -0.05) is 6.07 Å². The van der Waals surface area contributed by atoms with Gasteiger partial charge in [-0.3, -0.25) is 4.72 Å². The molecule has 2 rings (SSSR count). The number of carboxylic acids is 1. The van der Waals surface area contributed by atoms with E-state index >= 15 is 0 Å². The van der Waals surface area contributed by atoms with Crippen LogP contribution in [0.1, 0.15) is 10.4 Å². The second-order valence-electron chi connectivity index (χ2n) is 4.17. The molecule has 0 aliphatic carbocycles. The van der Waals surface area contributed by atoms with Gasteiger partial charge in [0.05, 0.1) is 10.5 Å². The van der Waals surface area contributed by atoms with E-state index in [1.54, 1.807) is 12.1 Å². The van der Waals surface area contributed by atoms with Gasteiger partial charge in [-0.2, -0.15) is 0 Å². The first-order valence-corrected chi connectivity index (χ1v) is 8.63. The van der Waals surface area contributed by atoms with E-state index in [2.05, 4.69) is 4.72 Å². The van der Waals surface area contributed by atoms with Gasteiger partial charge < -0.3 is 5.11 Å². The van der Waals surface area contributed by atoms with Crippen molar-refractivity contribution in [3.05, 3.63) is 54.1 Å². The summed E-state index contributed by atoms with van der Waals surface area (Å²) in [7, 11) is -3.73. The molecular weight excluding hydrogens is 310 g/mol. The minimum absolute atomic E-state index is 0.0212. The molecule has 0 heterocycles. The molecule has 0 aliphatic rings. The van der Waals surface area contributed by atoms with Gasteiger partial charge in [0, 0.05) is 10.6 Å². The first-order chi connectivity index (χ1) is 9.92. The molecule has 110 valence electrons. The number of benzene rings is 2. The van der Waals surface area contributed by atoms with Crippen LogP contribution in [-0.4, -0.2) is 25.7 Å². The second kappa shape index (κ2) is 6.19. The normalized spacial score (nSPS) is 11.1. The zero-order chi connectivity index (χ0) is 15.5. The molecular formula is C14H13NO4S2. The van der Waals surface area contributed by atoms with Crippen LogP contribution in [0.4, 0.5) is 5.69 Å². The van der Waals surface area contributed by atoms with Crippen molar-refractivity contribution in [2.45, 2.75) is 9.79 Å². The van der Waals surface area contributed by atoms with Gasteiger partial charge >= 0.3 is 5.97 Å². The van der Waals surface area contributed by atoms with Gasteiger partial charge in [0.15, 0.2) is 0 Å². The smallest absolute Gasteiger partial charge is 0.335 e. The Kier molecular flexibility index (Phi) is 4.54. The molecule has 0 unspecified atom stereocenters. The van der Waals surface area contributed by atoms with Crippen LogP contribution < -0.4 is 4.72 Å². The third-order valence-electron chi connectivity index (χ3n) is 2.73. The lowest BCUT2D eigenvalue weighted by molar-refractivity contribution is 0.0697. The third kappa shape index (κ3) is 3.77. The first kappa shape index (κ1) is 15.4. The van der Waals surface area contributed by atoms with Crippen molar-refractivity contribution in [1.82, 2.24) is 0 Å². The maximum absolute atomic E-state index is 12.2. The Morgan fingerprint density at radius 3 is 2.38 bits per heavy atom. The zero-order valence-electron chi connectivity index (χ0n) is 11.1. The molecule has 0 fully saturated rings. The van der Waals surface area contributed by atoms with E-state index in [1.807, 2.05) is 6.26 Å². The molecule has 0 spiro atoms. The summed E-state index contributed by atoms with van der Waals surface area (Å²) in [6.45, 7) is 0. The Morgan fingerprint density at radius 1 is 1.14 bits per heavy atom. The molecule has 0 radical (unpaired) electrons. The average Bonchev–Trinajstić information content (AvgIpc) is 2.47. The molecule has 0 bridgehead atoms. The summed E-state index contributed by atoms with van der Waals surface area (Å²) in [6.07, 6.45) is 1.90. The fraction of sp³-hybridized carbons (Fsp3) is 0.0714. The van der Waals surface area contributed by atoms with E-state index in [-0.39, 0.29) is 16.1 Å². The highest BCUT2D eigenvalue weighted by molar-refractivity contribution is 7.98. The Labute approximate surface area is 127 Å². The van der Waals surface area contributed by atoms with Gasteiger partial charge in [-0.25, -0.2) is 13.2 Å². The highest BCUT2D eigenvalue weighted by atomic mass is 32.2. The molecule has 0 aromatic heterocycles. The fourth-order valence-electron chi connectivity index (χ4n) is 1.68. The van der Waals surface area contributed by atoms with Crippen molar-refractivity contribution in [2.24, 2.45) is 0 Å². The summed E-state index contributed by atoms with van der Waals surface area (Å²) >= 11 is 1.52. The summed E-state index contributed by atoms with van der Waals surface area (Å²) in [4.78, 5) is 12.0. The Morgan fingerprint density at radius 2 is 1.81 bits per heavy atom. The predicted octanol–water partition coefficient (Wildman–Crippen LogP) is 2.91. The monoisotopic (exact) mass is 323 g/mol. The number of thioether (sulfide) groups is 1. The minimum Gasteiger partial charge on any atom is -0.478 e. The summed E-state index contributed by atoms with van der Waals surface area (Å²) in [5, 5.41) is 8.90. The molecule has 0 amide bonds. The van der Waals surface area contributed by atoms with E-state index in [0.717, 1.165) is 4.90 Å². The van der Waals surface area contributed by atoms with E-state index in [0.29, 0.717) is 0 Å². The highest BCUT2D eigenvalue weighted by Crippen LogP contribution is 2.20. The summed E-state index contributed by atoms with van der Waals surface area (Å²) in [5.41, 5.74) is 0.233. The summed E-state index contributed by atoms with van der Waals surface area (Å²) in [6, 6.07) is 12.1. The molecule has 0 atom stereocenters. The van der Waals surface area contributed by atoms with Gasteiger partial charge in [0.1, 0.15) is 0 Å². The molecule has 2 N–H and O–H groups in total. The SMILES string of the molecule is CSc1ccc(S(=O)(=O)Nc2cccc(C(=O)O)c2)cc1. The molecule has 2 aromatic rings. The van der Waals surface area contributed by atoms with Crippen LogP contribution in [0.25, 0.3) is 0 Å².